The Morgan fingerprint density at radius 1 is 1.09 bits per heavy atom. The summed E-state index contributed by atoms with van der Waals surface area (Å²) >= 11 is 0. The molecule has 3 aromatic rings. The molecule has 1 saturated carbocycles. The van der Waals surface area contributed by atoms with Crippen molar-refractivity contribution in [2.45, 2.75) is 75.9 Å². The van der Waals surface area contributed by atoms with Crippen molar-refractivity contribution < 1.29 is 18.0 Å². The van der Waals surface area contributed by atoms with Gasteiger partial charge in [-0.3, -0.25) is 9.59 Å². The second-order valence-electron chi connectivity index (χ2n) is 12.9. The van der Waals surface area contributed by atoms with Gasteiger partial charge in [0, 0.05) is 49.9 Å². The molecule has 0 radical (unpaired) electrons. The lowest BCUT2D eigenvalue weighted by Crippen LogP contribution is -2.53. The molecule has 1 aromatic heterocycles. The van der Waals surface area contributed by atoms with Gasteiger partial charge in [0.2, 0.25) is 10.0 Å². The van der Waals surface area contributed by atoms with Crippen molar-refractivity contribution in [1.29, 1.82) is 0 Å². The van der Waals surface area contributed by atoms with Gasteiger partial charge in [-0.05, 0) is 88.3 Å². The molecule has 44 heavy (non-hydrogen) atoms. The number of amides is 2. The highest BCUT2D eigenvalue weighted by Crippen LogP contribution is 2.38. The van der Waals surface area contributed by atoms with Crippen LogP contribution in [0.1, 0.15) is 77.2 Å². The monoisotopic (exact) mass is 619 g/mol. The number of rotatable bonds is 9. The fraction of sp³-hybridized carbons (Fsp3) is 0.469. The summed E-state index contributed by atoms with van der Waals surface area (Å²) in [7, 11) is -3.65. The number of sulfonamides is 1. The number of nitrogens with one attached hydrogen (secondary N) is 1. The Kier molecular flexibility index (Phi) is 7.79. The van der Waals surface area contributed by atoms with Gasteiger partial charge in [-0.15, -0.1) is 0 Å². The van der Waals surface area contributed by atoms with Gasteiger partial charge in [0.25, 0.3) is 11.8 Å². The SMILES string of the molecule is Cc1nn(-c2ccc(C(N)=O)c(NC3CCN(S(=O)(=O)c4cccc(CN)c4)CC3)c2)c2c1C(=O)N(CC1CC1)C(C)(C)C2. The molecule has 1 aliphatic carbocycles. The van der Waals surface area contributed by atoms with E-state index in [9.17, 15) is 18.0 Å². The molecule has 0 unspecified atom stereocenters. The van der Waals surface area contributed by atoms with E-state index in [1.165, 1.54) is 17.1 Å². The Morgan fingerprint density at radius 3 is 2.48 bits per heavy atom. The Morgan fingerprint density at radius 2 is 1.82 bits per heavy atom. The van der Waals surface area contributed by atoms with Crippen molar-refractivity contribution >= 4 is 27.5 Å². The minimum atomic E-state index is -3.65. The molecule has 2 fully saturated rings. The molecule has 1 saturated heterocycles. The van der Waals surface area contributed by atoms with E-state index >= 15 is 0 Å². The van der Waals surface area contributed by atoms with Gasteiger partial charge in [-0.25, -0.2) is 13.1 Å². The zero-order valence-corrected chi connectivity index (χ0v) is 26.4. The maximum atomic E-state index is 13.7. The predicted molar refractivity (Wildman–Crippen MR) is 168 cm³/mol. The van der Waals surface area contributed by atoms with Gasteiger partial charge in [-0.2, -0.15) is 9.40 Å². The fourth-order valence-corrected chi connectivity index (χ4v) is 8.02. The number of fused-ring (bicyclic) bond motifs is 1. The van der Waals surface area contributed by atoms with Crippen LogP contribution in [-0.4, -0.2) is 70.4 Å². The first-order valence-electron chi connectivity index (χ1n) is 15.3. The fourth-order valence-electron chi connectivity index (χ4n) is 6.47. The summed E-state index contributed by atoms with van der Waals surface area (Å²) in [6.07, 6.45) is 4.10. The van der Waals surface area contributed by atoms with Gasteiger partial charge in [0.1, 0.15) is 0 Å². The van der Waals surface area contributed by atoms with Crippen molar-refractivity contribution in [2.24, 2.45) is 17.4 Å². The summed E-state index contributed by atoms with van der Waals surface area (Å²) in [4.78, 5) is 28.4. The van der Waals surface area contributed by atoms with E-state index in [0.29, 0.717) is 60.8 Å². The Bertz CT molecular complexity index is 1720. The highest BCUT2D eigenvalue weighted by molar-refractivity contribution is 7.89. The van der Waals surface area contributed by atoms with Crippen LogP contribution in [-0.2, 0) is 23.0 Å². The number of carbonyl (C=O) groups excluding carboxylic acids is 2. The third-order valence-corrected chi connectivity index (χ3v) is 11.1. The predicted octanol–water partition coefficient (Wildman–Crippen LogP) is 3.19. The van der Waals surface area contributed by atoms with Crippen molar-refractivity contribution in [3.05, 3.63) is 70.5 Å². The smallest absolute Gasteiger partial charge is 0.258 e. The Hall–Kier alpha value is -3.74. The average Bonchev–Trinajstić information content (AvgIpc) is 3.76. The quantitative estimate of drug-likeness (QED) is 0.332. The number of hydrogen-bond donors (Lipinski definition) is 3. The second kappa shape index (κ2) is 11.3. The van der Waals surface area contributed by atoms with Crippen LogP contribution in [0.25, 0.3) is 5.69 Å². The molecule has 6 rings (SSSR count). The number of primary amides is 1. The lowest BCUT2D eigenvalue weighted by Gasteiger charge is -2.42. The average molecular weight is 620 g/mol. The van der Waals surface area contributed by atoms with Crippen LogP contribution < -0.4 is 16.8 Å². The number of nitrogens with zero attached hydrogens (tertiary/aromatic N) is 4. The van der Waals surface area contributed by atoms with Crippen molar-refractivity contribution in [3.8, 4) is 5.69 Å². The highest BCUT2D eigenvalue weighted by Gasteiger charge is 2.43. The summed E-state index contributed by atoms with van der Waals surface area (Å²) in [6, 6.07) is 12.0. The summed E-state index contributed by atoms with van der Waals surface area (Å²) in [5, 5.41) is 8.26. The normalized spacial score (nSPS) is 19.2. The number of carbonyl (C=O) groups is 2. The molecular formula is C32H41N7O4S. The molecular weight excluding hydrogens is 578 g/mol. The molecule has 3 aliphatic rings. The zero-order chi connectivity index (χ0) is 31.4. The van der Waals surface area contributed by atoms with E-state index in [2.05, 4.69) is 19.2 Å². The Labute approximate surface area is 258 Å². The van der Waals surface area contributed by atoms with E-state index in [0.717, 1.165) is 23.5 Å². The number of aryl methyl sites for hydroxylation is 1. The molecule has 2 amide bonds. The second-order valence-corrected chi connectivity index (χ2v) is 14.9. The number of anilines is 1. The summed E-state index contributed by atoms with van der Waals surface area (Å²) in [5.74, 6) is 0.0412. The van der Waals surface area contributed by atoms with Crippen LogP contribution in [0, 0.1) is 12.8 Å². The lowest BCUT2D eigenvalue weighted by atomic mass is 9.87. The highest BCUT2D eigenvalue weighted by atomic mass is 32.2. The van der Waals surface area contributed by atoms with Crippen LogP contribution in [0.4, 0.5) is 5.69 Å². The largest absolute Gasteiger partial charge is 0.382 e. The molecule has 0 atom stereocenters. The molecule has 5 N–H and O–H groups in total. The Balaban J connectivity index is 1.23. The first kappa shape index (κ1) is 30.3. The van der Waals surface area contributed by atoms with Gasteiger partial charge in [0.05, 0.1) is 33.1 Å². The molecule has 0 bridgehead atoms. The maximum Gasteiger partial charge on any atom is 0.258 e. The van der Waals surface area contributed by atoms with E-state index < -0.39 is 15.9 Å². The third-order valence-electron chi connectivity index (χ3n) is 9.18. The van der Waals surface area contributed by atoms with Crippen LogP contribution in [0.15, 0.2) is 47.4 Å². The van der Waals surface area contributed by atoms with Crippen LogP contribution in [0.2, 0.25) is 0 Å². The molecule has 3 heterocycles. The first-order chi connectivity index (χ1) is 20.9. The number of benzene rings is 2. The maximum absolute atomic E-state index is 13.7. The van der Waals surface area contributed by atoms with E-state index in [1.807, 2.05) is 28.6 Å². The van der Waals surface area contributed by atoms with E-state index in [4.69, 9.17) is 16.6 Å². The molecule has 2 aromatic carbocycles. The van der Waals surface area contributed by atoms with Gasteiger partial charge in [-0.1, -0.05) is 12.1 Å². The first-order valence-corrected chi connectivity index (χ1v) is 16.7. The van der Waals surface area contributed by atoms with Gasteiger partial charge >= 0.3 is 0 Å². The zero-order valence-electron chi connectivity index (χ0n) is 25.5. The number of hydrogen-bond acceptors (Lipinski definition) is 7. The minimum absolute atomic E-state index is 0.0236. The van der Waals surface area contributed by atoms with Gasteiger partial charge < -0.3 is 21.7 Å². The number of aromatic nitrogens is 2. The van der Waals surface area contributed by atoms with Crippen molar-refractivity contribution in [2.75, 3.05) is 25.0 Å². The molecule has 234 valence electrons. The lowest BCUT2D eigenvalue weighted by molar-refractivity contribution is 0.0487. The molecule has 11 nitrogen and oxygen atoms in total. The van der Waals surface area contributed by atoms with Crippen LogP contribution >= 0.6 is 0 Å². The minimum Gasteiger partial charge on any atom is -0.382 e. The van der Waals surface area contributed by atoms with E-state index in [-0.39, 0.29) is 28.9 Å². The molecule has 2 aliphatic heterocycles. The molecule has 12 heteroatoms. The topological polar surface area (TPSA) is 157 Å². The summed E-state index contributed by atoms with van der Waals surface area (Å²) < 4.78 is 29.9. The summed E-state index contributed by atoms with van der Waals surface area (Å²) in [6.45, 7) is 7.78. The third kappa shape index (κ3) is 5.62. The number of nitrogens with two attached hydrogens (primary N) is 2. The van der Waals surface area contributed by atoms with Crippen molar-refractivity contribution in [3.63, 3.8) is 0 Å². The number of piperidine rings is 1. The standard InChI is InChI=1S/C32H41N7O4S/c1-20-29-28(17-32(2,3)38(31(29)41)19-21-7-8-21)39(36-20)24-9-10-26(30(34)40)27(16-24)35-23-11-13-37(14-12-23)44(42,43)25-6-4-5-22(15-25)18-33/h4-6,9-10,15-16,21,23,35H,7-8,11-14,17-19,33H2,1-3H3,(H2,34,40). The molecule has 0 spiro atoms. The van der Waals surface area contributed by atoms with E-state index in [1.54, 1.807) is 30.3 Å². The van der Waals surface area contributed by atoms with Crippen molar-refractivity contribution in [1.82, 2.24) is 19.0 Å². The van der Waals surface area contributed by atoms with Gasteiger partial charge in [0.15, 0.2) is 0 Å². The van der Waals surface area contributed by atoms with Crippen LogP contribution in [0.3, 0.4) is 0 Å². The van der Waals surface area contributed by atoms with Crippen LogP contribution in [0.5, 0.6) is 0 Å². The summed E-state index contributed by atoms with van der Waals surface area (Å²) in [5.41, 5.74) is 15.7.